The number of benzene rings is 1. The highest BCUT2D eigenvalue weighted by molar-refractivity contribution is 14.1. The van der Waals surface area contributed by atoms with Gasteiger partial charge in [-0.15, -0.1) is 0 Å². The van der Waals surface area contributed by atoms with Gasteiger partial charge in [-0.05, 0) is 35.6 Å². The number of aryl methyl sites for hydroxylation is 1. The zero-order chi connectivity index (χ0) is 13.2. The van der Waals surface area contributed by atoms with Gasteiger partial charge in [-0.2, -0.15) is 13.2 Å². The normalized spacial score (nSPS) is 11.4. The second-order valence-electron chi connectivity index (χ2n) is 3.50. The van der Waals surface area contributed by atoms with Gasteiger partial charge in [-0.1, -0.05) is 17.7 Å². The van der Waals surface area contributed by atoms with E-state index < -0.39 is 24.2 Å². The van der Waals surface area contributed by atoms with E-state index in [0.29, 0.717) is 3.57 Å². The summed E-state index contributed by atoms with van der Waals surface area (Å²) in [6, 6.07) is 4.72. The lowest BCUT2D eigenvalue weighted by atomic mass is 10.0. The van der Waals surface area contributed by atoms with E-state index in [2.05, 4.69) is 0 Å². The number of carbonyl (C=O) groups excluding carboxylic acids is 2. The Bertz CT molecular complexity index is 466. The molecule has 0 unspecified atom stereocenters. The Kier molecular flexibility index (Phi) is 4.29. The summed E-state index contributed by atoms with van der Waals surface area (Å²) in [6.45, 7) is 1.80. The molecule has 0 amide bonds. The second kappa shape index (κ2) is 5.16. The topological polar surface area (TPSA) is 34.1 Å². The summed E-state index contributed by atoms with van der Waals surface area (Å²) in [7, 11) is 0. The fourth-order valence-corrected chi connectivity index (χ4v) is 2.16. The van der Waals surface area contributed by atoms with E-state index >= 15 is 0 Å². The van der Waals surface area contributed by atoms with Crippen LogP contribution in [0.3, 0.4) is 0 Å². The average molecular weight is 356 g/mol. The molecule has 0 aliphatic rings. The lowest BCUT2D eigenvalue weighted by Gasteiger charge is -2.06. The number of hydrogen-bond acceptors (Lipinski definition) is 2. The van der Waals surface area contributed by atoms with Gasteiger partial charge in [0, 0.05) is 9.13 Å². The molecule has 0 atom stereocenters. The number of carbonyl (C=O) groups is 2. The van der Waals surface area contributed by atoms with E-state index in [1.54, 1.807) is 19.1 Å². The molecule has 0 saturated carbocycles. The fraction of sp³-hybridized carbons (Fsp3) is 0.273. The van der Waals surface area contributed by atoms with Gasteiger partial charge in [0.25, 0.3) is 0 Å². The van der Waals surface area contributed by atoms with Crippen LogP contribution in [-0.4, -0.2) is 17.7 Å². The monoisotopic (exact) mass is 356 g/mol. The summed E-state index contributed by atoms with van der Waals surface area (Å²) in [5.74, 6) is -2.82. The van der Waals surface area contributed by atoms with E-state index in [4.69, 9.17) is 0 Å². The molecule has 6 heteroatoms. The molecule has 1 rings (SSSR count). The number of alkyl halides is 3. The minimum absolute atomic E-state index is 0.147. The van der Waals surface area contributed by atoms with Crippen LogP contribution in [0.15, 0.2) is 18.2 Å². The SMILES string of the molecule is Cc1ccc(C(=O)CC(=O)C(F)(F)F)c(I)c1. The van der Waals surface area contributed by atoms with Crippen molar-refractivity contribution in [2.24, 2.45) is 0 Å². The third-order valence-corrected chi connectivity index (χ3v) is 2.95. The van der Waals surface area contributed by atoms with Crippen molar-refractivity contribution in [3.63, 3.8) is 0 Å². The highest BCUT2D eigenvalue weighted by Gasteiger charge is 2.39. The van der Waals surface area contributed by atoms with Crippen molar-refractivity contribution >= 4 is 34.2 Å². The minimum Gasteiger partial charge on any atom is -0.294 e. The van der Waals surface area contributed by atoms with E-state index in [1.165, 1.54) is 6.07 Å². The molecule has 0 aliphatic carbocycles. The lowest BCUT2D eigenvalue weighted by Crippen LogP contribution is -2.25. The average Bonchev–Trinajstić information content (AvgIpc) is 2.15. The summed E-state index contributed by atoms with van der Waals surface area (Å²) in [5, 5.41) is 0. The Labute approximate surface area is 109 Å². The third-order valence-electron chi connectivity index (χ3n) is 2.06. The fourth-order valence-electron chi connectivity index (χ4n) is 1.19. The van der Waals surface area contributed by atoms with Crippen LogP contribution in [-0.2, 0) is 4.79 Å². The first-order chi connectivity index (χ1) is 7.71. The molecule has 0 radical (unpaired) electrons. The van der Waals surface area contributed by atoms with Gasteiger partial charge < -0.3 is 0 Å². The maximum Gasteiger partial charge on any atom is 0.450 e. The lowest BCUT2D eigenvalue weighted by molar-refractivity contribution is -0.170. The quantitative estimate of drug-likeness (QED) is 0.473. The molecule has 0 saturated heterocycles. The first-order valence-electron chi connectivity index (χ1n) is 4.61. The van der Waals surface area contributed by atoms with Crippen LogP contribution >= 0.6 is 22.6 Å². The van der Waals surface area contributed by atoms with Gasteiger partial charge in [-0.3, -0.25) is 9.59 Å². The highest BCUT2D eigenvalue weighted by Crippen LogP contribution is 2.21. The predicted molar refractivity (Wildman–Crippen MR) is 63.9 cm³/mol. The second-order valence-corrected chi connectivity index (χ2v) is 4.67. The number of rotatable bonds is 3. The summed E-state index contributed by atoms with van der Waals surface area (Å²) < 4.78 is 36.5. The molecule has 2 nitrogen and oxygen atoms in total. The van der Waals surface area contributed by atoms with E-state index in [1.807, 2.05) is 22.6 Å². The van der Waals surface area contributed by atoms with Crippen LogP contribution in [0, 0.1) is 10.5 Å². The molecule has 0 spiro atoms. The molecule has 1 aromatic rings. The van der Waals surface area contributed by atoms with Crippen LogP contribution in [0.1, 0.15) is 22.3 Å². The third kappa shape index (κ3) is 3.79. The van der Waals surface area contributed by atoms with Crippen molar-refractivity contribution in [3.8, 4) is 0 Å². The largest absolute Gasteiger partial charge is 0.450 e. The van der Waals surface area contributed by atoms with Crippen molar-refractivity contribution in [1.29, 1.82) is 0 Å². The molecule has 0 fully saturated rings. The molecule has 0 bridgehead atoms. The van der Waals surface area contributed by atoms with Crippen molar-refractivity contribution in [2.45, 2.75) is 19.5 Å². The van der Waals surface area contributed by atoms with Crippen molar-refractivity contribution in [1.82, 2.24) is 0 Å². The van der Waals surface area contributed by atoms with Gasteiger partial charge in [-0.25, -0.2) is 0 Å². The van der Waals surface area contributed by atoms with Crippen molar-refractivity contribution < 1.29 is 22.8 Å². The first kappa shape index (κ1) is 14.1. The summed E-state index contributed by atoms with van der Waals surface area (Å²) in [4.78, 5) is 22.2. The van der Waals surface area contributed by atoms with Crippen LogP contribution < -0.4 is 0 Å². The van der Waals surface area contributed by atoms with Crippen LogP contribution in [0.2, 0.25) is 0 Å². The zero-order valence-corrected chi connectivity index (χ0v) is 10.9. The van der Waals surface area contributed by atoms with Crippen molar-refractivity contribution in [3.05, 3.63) is 32.9 Å². The number of hydrogen-bond donors (Lipinski definition) is 0. The van der Waals surface area contributed by atoms with Gasteiger partial charge in [0.2, 0.25) is 5.78 Å². The molecular weight excluding hydrogens is 348 g/mol. The minimum atomic E-state index is -4.95. The maximum atomic E-state index is 12.0. The van der Waals surface area contributed by atoms with E-state index in [0.717, 1.165) is 5.56 Å². The van der Waals surface area contributed by atoms with Gasteiger partial charge in [0.05, 0.1) is 6.42 Å². The smallest absolute Gasteiger partial charge is 0.294 e. The Morgan fingerprint density at radius 2 is 1.88 bits per heavy atom. The summed E-state index contributed by atoms with van der Waals surface area (Å²) >= 11 is 1.86. The molecule has 17 heavy (non-hydrogen) atoms. The van der Waals surface area contributed by atoms with Gasteiger partial charge in [0.15, 0.2) is 5.78 Å². The van der Waals surface area contributed by atoms with E-state index in [-0.39, 0.29) is 5.56 Å². The predicted octanol–water partition coefficient (Wildman–Crippen LogP) is 3.30. The molecule has 0 heterocycles. The maximum absolute atomic E-state index is 12.0. The number of ketones is 2. The van der Waals surface area contributed by atoms with Crippen LogP contribution in [0.25, 0.3) is 0 Å². The summed E-state index contributed by atoms with van der Waals surface area (Å²) in [6.07, 6.45) is -6.09. The highest BCUT2D eigenvalue weighted by atomic mass is 127. The molecule has 92 valence electrons. The molecule has 0 N–H and O–H groups in total. The Morgan fingerprint density at radius 3 is 2.35 bits per heavy atom. The molecule has 0 aliphatic heterocycles. The van der Waals surface area contributed by atoms with Gasteiger partial charge >= 0.3 is 6.18 Å². The Morgan fingerprint density at radius 1 is 1.29 bits per heavy atom. The Balaban J connectivity index is 2.88. The first-order valence-corrected chi connectivity index (χ1v) is 5.69. The van der Waals surface area contributed by atoms with E-state index in [9.17, 15) is 22.8 Å². The Hall–Kier alpha value is -0.920. The van der Waals surface area contributed by atoms with Crippen LogP contribution in [0.4, 0.5) is 13.2 Å². The van der Waals surface area contributed by atoms with Crippen molar-refractivity contribution in [2.75, 3.05) is 0 Å². The molecular formula is C11H8F3IO2. The molecule has 1 aromatic carbocycles. The number of halogens is 4. The standard InChI is InChI=1S/C11H8F3IO2/c1-6-2-3-7(8(15)4-6)9(16)5-10(17)11(12,13)14/h2-4H,5H2,1H3. The number of Topliss-reactive ketones (excluding diaryl/α,β-unsaturated/α-hetero) is 2. The van der Waals surface area contributed by atoms with Gasteiger partial charge in [0.1, 0.15) is 0 Å². The molecule has 0 aromatic heterocycles. The zero-order valence-electron chi connectivity index (χ0n) is 8.77. The summed E-state index contributed by atoms with van der Waals surface area (Å²) in [5.41, 5.74) is 1.04. The van der Waals surface area contributed by atoms with Crippen LogP contribution in [0.5, 0.6) is 0 Å².